The van der Waals surface area contributed by atoms with Gasteiger partial charge in [-0.25, -0.2) is 4.98 Å². The molecule has 0 aliphatic carbocycles. The largest absolute Gasteiger partial charge is 0.391 e. The molecule has 0 radical (unpaired) electrons. The first-order chi connectivity index (χ1) is 15.3. The third kappa shape index (κ3) is 3.23. The van der Waals surface area contributed by atoms with Crippen molar-refractivity contribution in [1.82, 2.24) is 35.4 Å². The summed E-state index contributed by atoms with van der Waals surface area (Å²) in [6.45, 7) is 5.15. The molecular formula is C23H26N8. The predicted octanol–water partition coefficient (Wildman–Crippen LogP) is 2.84. The van der Waals surface area contributed by atoms with E-state index in [1.54, 1.807) is 0 Å². The molecule has 1 saturated heterocycles. The van der Waals surface area contributed by atoms with E-state index in [1.165, 1.54) is 16.6 Å². The maximum absolute atomic E-state index is 4.62. The van der Waals surface area contributed by atoms with Crippen LogP contribution in [0.25, 0.3) is 33.3 Å². The summed E-state index contributed by atoms with van der Waals surface area (Å²) < 4.78 is 0. The van der Waals surface area contributed by atoms with Gasteiger partial charge in [0, 0.05) is 55.6 Å². The van der Waals surface area contributed by atoms with Gasteiger partial charge < -0.3 is 20.1 Å². The molecule has 6 rings (SSSR count). The lowest BCUT2D eigenvalue weighted by molar-refractivity contribution is 0.313. The number of hydrogen-bond acceptors (Lipinski definition) is 6. The topological polar surface area (TPSA) is 88.8 Å². The minimum atomic E-state index is 0.386. The van der Waals surface area contributed by atoms with E-state index in [0.717, 1.165) is 67.1 Å². The van der Waals surface area contributed by atoms with Crippen LogP contribution in [-0.2, 0) is 0 Å². The van der Waals surface area contributed by atoms with Crippen LogP contribution >= 0.6 is 0 Å². The van der Waals surface area contributed by atoms with Crippen LogP contribution in [0.2, 0.25) is 0 Å². The van der Waals surface area contributed by atoms with Crippen molar-refractivity contribution in [2.24, 2.45) is 0 Å². The molecule has 0 spiro atoms. The van der Waals surface area contributed by atoms with Crippen LogP contribution in [-0.4, -0.2) is 69.8 Å². The summed E-state index contributed by atoms with van der Waals surface area (Å²) in [6, 6.07) is 4.45. The van der Waals surface area contributed by atoms with Gasteiger partial charge in [-0.15, -0.1) is 0 Å². The number of hydrogen-bond donors (Lipinski definition) is 3. The van der Waals surface area contributed by atoms with Crippen molar-refractivity contribution in [3.63, 3.8) is 0 Å². The zero-order chi connectivity index (χ0) is 20.8. The third-order valence-corrected chi connectivity index (χ3v) is 6.54. The average Bonchev–Trinajstić information content (AvgIpc) is 3.43. The van der Waals surface area contributed by atoms with Crippen molar-refractivity contribution in [1.29, 1.82) is 0 Å². The lowest BCUT2D eigenvalue weighted by Gasteiger charge is -2.34. The zero-order valence-corrected chi connectivity index (χ0v) is 17.6. The number of likely N-dealkylation sites (N-methyl/N-ethyl adjacent to an activating group) is 1. The molecule has 3 N–H and O–H groups in total. The van der Waals surface area contributed by atoms with Gasteiger partial charge in [0.1, 0.15) is 0 Å². The van der Waals surface area contributed by atoms with Crippen molar-refractivity contribution in [2.75, 3.05) is 44.7 Å². The van der Waals surface area contributed by atoms with Crippen molar-refractivity contribution in [2.45, 2.75) is 12.3 Å². The van der Waals surface area contributed by atoms with Gasteiger partial charge in [0.2, 0.25) is 0 Å². The van der Waals surface area contributed by atoms with Crippen LogP contribution in [0.5, 0.6) is 0 Å². The Bertz CT molecular complexity index is 1260. The molecule has 2 aliphatic rings. The highest BCUT2D eigenvalue weighted by Crippen LogP contribution is 2.34. The maximum Gasteiger partial charge on any atom is 0.181 e. The Hall–Kier alpha value is -3.39. The van der Waals surface area contributed by atoms with Crippen LogP contribution in [0, 0.1) is 0 Å². The molecular weight excluding hydrogens is 388 g/mol. The summed E-state index contributed by atoms with van der Waals surface area (Å²) in [4.78, 5) is 17.5. The number of aromatic nitrogens is 5. The first-order valence-corrected chi connectivity index (χ1v) is 10.9. The summed E-state index contributed by atoms with van der Waals surface area (Å²) in [5.74, 6) is 0.386. The van der Waals surface area contributed by atoms with E-state index in [4.69, 9.17) is 0 Å². The minimum absolute atomic E-state index is 0.386. The van der Waals surface area contributed by atoms with Gasteiger partial charge >= 0.3 is 0 Å². The Labute approximate surface area is 180 Å². The highest BCUT2D eigenvalue weighted by atomic mass is 15.3. The molecule has 2 aliphatic heterocycles. The molecule has 1 atom stereocenters. The predicted molar refractivity (Wildman–Crippen MR) is 123 cm³/mol. The standard InChI is InChI=1S/C23H26N8/c1-30-6-8-31(9-7-30)21-14-25-13-20-17(21)11-19(27-20)22-18-10-16(12-26-23(18)29-28-22)15-2-4-24-5-3-15/h2,4,10-15,24,27H,3,5-9H2,1H3,(H,26,28,29). The van der Waals surface area contributed by atoms with E-state index in [-0.39, 0.29) is 0 Å². The first-order valence-electron chi connectivity index (χ1n) is 10.9. The Kier molecular flexibility index (Phi) is 4.38. The van der Waals surface area contributed by atoms with Crippen LogP contribution in [0.4, 0.5) is 5.69 Å². The van der Waals surface area contributed by atoms with Crippen molar-refractivity contribution in [3.05, 3.63) is 48.6 Å². The fourth-order valence-electron chi connectivity index (χ4n) is 4.67. The smallest absolute Gasteiger partial charge is 0.181 e. The van der Waals surface area contributed by atoms with Crippen LogP contribution < -0.4 is 10.2 Å². The van der Waals surface area contributed by atoms with Crippen LogP contribution in [0.15, 0.2) is 43.0 Å². The number of nitrogens with one attached hydrogen (secondary N) is 3. The van der Waals surface area contributed by atoms with E-state index in [0.29, 0.717) is 5.92 Å². The van der Waals surface area contributed by atoms with E-state index in [2.05, 4.69) is 65.5 Å². The lowest BCUT2D eigenvalue weighted by atomic mass is 9.94. The number of H-pyrrole nitrogens is 2. The number of fused-ring (bicyclic) bond motifs is 2. The monoisotopic (exact) mass is 414 g/mol. The van der Waals surface area contributed by atoms with Gasteiger partial charge in [-0.2, -0.15) is 5.10 Å². The van der Waals surface area contributed by atoms with Crippen molar-refractivity contribution in [3.8, 4) is 11.4 Å². The second-order valence-electron chi connectivity index (χ2n) is 8.54. The van der Waals surface area contributed by atoms with Gasteiger partial charge in [-0.3, -0.25) is 10.1 Å². The van der Waals surface area contributed by atoms with Gasteiger partial charge in [-0.1, -0.05) is 6.08 Å². The summed E-state index contributed by atoms with van der Waals surface area (Å²) >= 11 is 0. The number of anilines is 1. The number of pyridine rings is 2. The molecule has 0 aromatic carbocycles. The fourth-order valence-corrected chi connectivity index (χ4v) is 4.67. The quantitative estimate of drug-likeness (QED) is 0.478. The van der Waals surface area contributed by atoms with E-state index >= 15 is 0 Å². The third-order valence-electron chi connectivity index (χ3n) is 6.54. The van der Waals surface area contributed by atoms with E-state index < -0.39 is 0 Å². The number of allylic oxidation sites excluding steroid dienone is 1. The summed E-state index contributed by atoms with van der Waals surface area (Å²) in [6.07, 6.45) is 11.2. The molecule has 4 aromatic heterocycles. The number of nitrogens with zero attached hydrogens (tertiary/aromatic N) is 5. The molecule has 8 nitrogen and oxygen atoms in total. The Balaban J connectivity index is 1.41. The zero-order valence-electron chi connectivity index (χ0n) is 17.6. The Morgan fingerprint density at radius 1 is 1.03 bits per heavy atom. The van der Waals surface area contributed by atoms with Gasteiger partial charge in [0.05, 0.1) is 35.0 Å². The van der Waals surface area contributed by atoms with Crippen LogP contribution in [0.3, 0.4) is 0 Å². The first kappa shape index (κ1) is 18.4. The Morgan fingerprint density at radius 2 is 1.94 bits per heavy atom. The minimum Gasteiger partial charge on any atom is -0.391 e. The molecule has 6 heterocycles. The average molecular weight is 415 g/mol. The van der Waals surface area contributed by atoms with Crippen molar-refractivity contribution >= 4 is 27.6 Å². The second-order valence-corrected chi connectivity index (χ2v) is 8.54. The van der Waals surface area contributed by atoms with E-state index in [9.17, 15) is 0 Å². The molecule has 0 saturated carbocycles. The molecule has 8 heteroatoms. The second kappa shape index (κ2) is 7.39. The molecule has 158 valence electrons. The number of aromatic amines is 2. The molecule has 4 aromatic rings. The molecule has 0 amide bonds. The molecule has 0 bridgehead atoms. The van der Waals surface area contributed by atoms with Gasteiger partial charge in [-0.05, 0) is 37.4 Å². The van der Waals surface area contributed by atoms with Gasteiger partial charge in [0.15, 0.2) is 5.65 Å². The summed E-state index contributed by atoms with van der Waals surface area (Å²) in [5, 5.41) is 13.2. The lowest BCUT2D eigenvalue weighted by Crippen LogP contribution is -2.44. The van der Waals surface area contributed by atoms with Crippen LogP contribution in [0.1, 0.15) is 17.9 Å². The van der Waals surface area contributed by atoms with Crippen molar-refractivity contribution < 1.29 is 0 Å². The highest BCUT2D eigenvalue weighted by molar-refractivity contribution is 5.98. The SMILES string of the molecule is CN1CCN(c2cncc3[nH]c(-c4[nH]nc5ncc(C6C=CNCC6)cc45)cc23)CC1. The fraction of sp³-hybridized carbons (Fsp3) is 0.348. The number of piperazine rings is 1. The molecule has 1 fully saturated rings. The Morgan fingerprint density at radius 3 is 2.77 bits per heavy atom. The van der Waals surface area contributed by atoms with Gasteiger partial charge in [0.25, 0.3) is 0 Å². The highest BCUT2D eigenvalue weighted by Gasteiger charge is 2.20. The number of rotatable bonds is 3. The normalized spacial score (nSPS) is 19.9. The summed E-state index contributed by atoms with van der Waals surface area (Å²) in [5.41, 5.74) is 6.19. The molecule has 1 unspecified atom stereocenters. The molecule has 31 heavy (non-hydrogen) atoms. The summed E-state index contributed by atoms with van der Waals surface area (Å²) in [7, 11) is 2.18. The van der Waals surface area contributed by atoms with E-state index in [1.807, 2.05) is 24.8 Å². The maximum atomic E-state index is 4.62.